The summed E-state index contributed by atoms with van der Waals surface area (Å²) in [4.78, 5) is 4.21. The number of nitrogens with zero attached hydrogens (tertiary/aromatic N) is 1. The topological polar surface area (TPSA) is 90.4 Å². The first kappa shape index (κ1) is 10.4. The number of nitrogen functional groups attached to an aromatic ring is 2. The molecule has 76 valence electrons. The van der Waals surface area contributed by atoms with Crippen LogP contribution in [0.15, 0.2) is 23.2 Å². The van der Waals surface area contributed by atoms with E-state index < -0.39 is 0 Å². The molecule has 0 aromatic heterocycles. The zero-order valence-electron chi connectivity index (χ0n) is 8.49. The molecule has 0 aliphatic carbocycles. The molecule has 0 spiro atoms. The maximum atomic E-state index is 5.78. The third-order valence-corrected chi connectivity index (χ3v) is 1.81. The van der Waals surface area contributed by atoms with Crippen molar-refractivity contribution in [2.45, 2.75) is 19.9 Å². The number of para-hydroxylation sites is 1. The molecule has 0 heterocycles. The Morgan fingerprint density at radius 2 is 1.93 bits per heavy atom. The van der Waals surface area contributed by atoms with Gasteiger partial charge in [0.15, 0.2) is 0 Å². The lowest BCUT2D eigenvalue weighted by molar-refractivity contribution is 0.834. The average molecular weight is 192 g/mol. The molecule has 14 heavy (non-hydrogen) atoms. The predicted molar refractivity (Wildman–Crippen MR) is 61.1 cm³/mol. The summed E-state index contributed by atoms with van der Waals surface area (Å²) >= 11 is 0. The molecule has 0 saturated heterocycles. The summed E-state index contributed by atoms with van der Waals surface area (Å²) in [7, 11) is 0. The van der Waals surface area contributed by atoms with E-state index in [0.29, 0.717) is 22.8 Å². The van der Waals surface area contributed by atoms with Crippen molar-refractivity contribution in [1.29, 1.82) is 0 Å². The minimum absolute atomic E-state index is 0.149. The number of amidine groups is 1. The lowest BCUT2D eigenvalue weighted by Crippen LogP contribution is -2.18. The van der Waals surface area contributed by atoms with Gasteiger partial charge in [-0.2, -0.15) is 0 Å². The minimum atomic E-state index is 0.149. The number of anilines is 2. The van der Waals surface area contributed by atoms with Gasteiger partial charge in [-0.25, -0.2) is 0 Å². The van der Waals surface area contributed by atoms with Crippen molar-refractivity contribution in [3.8, 4) is 0 Å². The zero-order chi connectivity index (χ0) is 10.7. The molecule has 4 heteroatoms. The van der Waals surface area contributed by atoms with Crippen LogP contribution < -0.4 is 17.2 Å². The van der Waals surface area contributed by atoms with Gasteiger partial charge in [-0.3, -0.25) is 4.99 Å². The van der Waals surface area contributed by atoms with Gasteiger partial charge in [0, 0.05) is 11.6 Å². The van der Waals surface area contributed by atoms with Crippen molar-refractivity contribution in [3.63, 3.8) is 0 Å². The molecule has 0 atom stereocenters. The molecule has 0 aliphatic heterocycles. The molecule has 1 rings (SSSR count). The van der Waals surface area contributed by atoms with Crippen LogP contribution in [0.2, 0.25) is 0 Å². The van der Waals surface area contributed by atoms with E-state index in [0.717, 1.165) is 0 Å². The Labute approximate surface area is 83.8 Å². The van der Waals surface area contributed by atoms with Crippen LogP contribution >= 0.6 is 0 Å². The van der Waals surface area contributed by atoms with E-state index in [1.54, 1.807) is 6.07 Å². The first-order valence-electron chi connectivity index (χ1n) is 4.50. The Kier molecular flexibility index (Phi) is 2.96. The van der Waals surface area contributed by atoms with E-state index in [9.17, 15) is 0 Å². The van der Waals surface area contributed by atoms with Crippen LogP contribution in [-0.2, 0) is 0 Å². The number of benzene rings is 1. The lowest BCUT2D eigenvalue weighted by Gasteiger charge is -2.08. The Balaban J connectivity index is 3.13. The first-order chi connectivity index (χ1) is 6.52. The Morgan fingerprint density at radius 3 is 2.50 bits per heavy atom. The highest BCUT2D eigenvalue weighted by molar-refractivity contribution is 6.04. The number of hydrogen-bond acceptors (Lipinski definition) is 3. The third-order valence-electron chi connectivity index (χ3n) is 1.81. The van der Waals surface area contributed by atoms with Gasteiger partial charge in [0.2, 0.25) is 0 Å². The van der Waals surface area contributed by atoms with Crippen molar-refractivity contribution in [2.24, 2.45) is 10.7 Å². The van der Waals surface area contributed by atoms with Gasteiger partial charge in [0.1, 0.15) is 5.84 Å². The summed E-state index contributed by atoms with van der Waals surface area (Å²) < 4.78 is 0. The van der Waals surface area contributed by atoms with Crippen LogP contribution in [-0.4, -0.2) is 11.9 Å². The molecule has 6 N–H and O–H groups in total. The number of hydrogen-bond donors (Lipinski definition) is 3. The predicted octanol–water partition coefficient (Wildman–Crippen LogP) is 0.965. The molecule has 0 unspecified atom stereocenters. The highest BCUT2D eigenvalue weighted by atomic mass is 14.9. The van der Waals surface area contributed by atoms with Crippen LogP contribution in [0.25, 0.3) is 0 Å². The quantitative estimate of drug-likeness (QED) is 0.370. The molecule has 0 bridgehead atoms. The normalized spacial score (nSPS) is 12.1. The summed E-state index contributed by atoms with van der Waals surface area (Å²) in [5, 5.41) is 0. The van der Waals surface area contributed by atoms with E-state index >= 15 is 0 Å². The Morgan fingerprint density at radius 1 is 1.29 bits per heavy atom. The number of nitrogens with two attached hydrogens (primary N) is 3. The van der Waals surface area contributed by atoms with Gasteiger partial charge < -0.3 is 17.2 Å². The van der Waals surface area contributed by atoms with Crippen LogP contribution in [0.3, 0.4) is 0 Å². The Bertz CT molecular complexity index is 355. The van der Waals surface area contributed by atoms with Crippen molar-refractivity contribution >= 4 is 17.2 Å². The summed E-state index contributed by atoms with van der Waals surface area (Å²) in [5.41, 5.74) is 18.9. The van der Waals surface area contributed by atoms with E-state index in [1.165, 1.54) is 0 Å². The largest absolute Gasteiger partial charge is 0.397 e. The molecular formula is C10H16N4. The molecule has 4 nitrogen and oxygen atoms in total. The molecule has 0 amide bonds. The summed E-state index contributed by atoms with van der Waals surface area (Å²) in [6.45, 7) is 3.91. The van der Waals surface area contributed by atoms with E-state index in [2.05, 4.69) is 4.99 Å². The van der Waals surface area contributed by atoms with Gasteiger partial charge >= 0.3 is 0 Å². The highest BCUT2D eigenvalue weighted by Crippen LogP contribution is 2.19. The summed E-state index contributed by atoms with van der Waals surface area (Å²) in [5.74, 6) is 0.435. The number of rotatable bonds is 2. The highest BCUT2D eigenvalue weighted by Gasteiger charge is 2.06. The maximum Gasteiger partial charge on any atom is 0.128 e. The standard InChI is InChI=1S/C10H16N4/c1-6(2)14-10(13)7-4-3-5-8(11)9(7)12/h3-6H,11-12H2,1-2H3,(H2,13,14). The SMILES string of the molecule is CC(C)N=C(N)c1cccc(N)c1N. The van der Waals surface area contributed by atoms with Gasteiger partial charge in [-0.1, -0.05) is 6.07 Å². The smallest absolute Gasteiger partial charge is 0.128 e. The molecule has 0 saturated carbocycles. The van der Waals surface area contributed by atoms with Gasteiger partial charge in [-0.05, 0) is 26.0 Å². The summed E-state index contributed by atoms with van der Waals surface area (Å²) in [6, 6.07) is 5.51. The molecular weight excluding hydrogens is 176 g/mol. The fourth-order valence-corrected chi connectivity index (χ4v) is 1.15. The molecule has 0 fully saturated rings. The first-order valence-corrected chi connectivity index (χ1v) is 4.50. The average Bonchev–Trinajstić information content (AvgIpc) is 2.08. The second-order valence-electron chi connectivity index (χ2n) is 3.42. The van der Waals surface area contributed by atoms with E-state index in [4.69, 9.17) is 17.2 Å². The molecule has 0 aliphatic rings. The lowest BCUT2D eigenvalue weighted by atomic mass is 10.1. The number of aliphatic imine (C=N–C) groups is 1. The molecule has 1 aromatic carbocycles. The van der Waals surface area contributed by atoms with Crippen molar-refractivity contribution < 1.29 is 0 Å². The van der Waals surface area contributed by atoms with Crippen LogP contribution in [0.5, 0.6) is 0 Å². The molecule has 1 aromatic rings. The minimum Gasteiger partial charge on any atom is -0.397 e. The van der Waals surface area contributed by atoms with E-state index in [1.807, 2.05) is 26.0 Å². The van der Waals surface area contributed by atoms with Gasteiger partial charge in [-0.15, -0.1) is 0 Å². The van der Waals surface area contributed by atoms with Crippen molar-refractivity contribution in [3.05, 3.63) is 23.8 Å². The zero-order valence-corrected chi connectivity index (χ0v) is 8.49. The van der Waals surface area contributed by atoms with Crippen molar-refractivity contribution in [1.82, 2.24) is 0 Å². The van der Waals surface area contributed by atoms with Crippen LogP contribution in [0.4, 0.5) is 11.4 Å². The maximum absolute atomic E-state index is 5.78. The molecule has 0 radical (unpaired) electrons. The van der Waals surface area contributed by atoms with Gasteiger partial charge in [0.05, 0.1) is 11.4 Å². The van der Waals surface area contributed by atoms with Crippen LogP contribution in [0.1, 0.15) is 19.4 Å². The van der Waals surface area contributed by atoms with Gasteiger partial charge in [0.25, 0.3) is 0 Å². The third kappa shape index (κ3) is 2.16. The monoisotopic (exact) mass is 192 g/mol. The second kappa shape index (κ2) is 4.00. The Hall–Kier alpha value is -1.71. The van der Waals surface area contributed by atoms with E-state index in [-0.39, 0.29) is 6.04 Å². The summed E-state index contributed by atoms with van der Waals surface area (Å²) in [6.07, 6.45) is 0. The second-order valence-corrected chi connectivity index (χ2v) is 3.42. The van der Waals surface area contributed by atoms with Crippen LogP contribution in [0, 0.1) is 0 Å². The fourth-order valence-electron chi connectivity index (χ4n) is 1.15. The van der Waals surface area contributed by atoms with Crippen molar-refractivity contribution in [2.75, 3.05) is 11.5 Å². The fraction of sp³-hybridized carbons (Fsp3) is 0.300.